The topological polar surface area (TPSA) is 52.7 Å². The zero-order valence-corrected chi connectivity index (χ0v) is 12.8. The summed E-state index contributed by atoms with van der Waals surface area (Å²) in [6.45, 7) is 5.10. The van der Waals surface area contributed by atoms with Crippen LogP contribution in [-0.4, -0.2) is 54.8 Å². The summed E-state index contributed by atoms with van der Waals surface area (Å²) < 4.78 is 0. The van der Waals surface area contributed by atoms with Gasteiger partial charge in [-0.1, -0.05) is 0 Å². The summed E-state index contributed by atoms with van der Waals surface area (Å²) in [7, 11) is 1.65. The Morgan fingerprint density at radius 3 is 2.80 bits per heavy atom. The van der Waals surface area contributed by atoms with Crippen molar-refractivity contribution in [1.29, 1.82) is 0 Å². The monoisotopic (exact) mass is 295 g/mol. The molecule has 1 unspecified atom stereocenters. The van der Waals surface area contributed by atoms with Crippen LogP contribution in [0, 0.1) is 5.92 Å². The Morgan fingerprint density at radius 2 is 2.20 bits per heavy atom. The summed E-state index contributed by atoms with van der Waals surface area (Å²) in [5.41, 5.74) is 1.27. The lowest BCUT2D eigenvalue weighted by molar-refractivity contribution is -0.130. The quantitative estimate of drug-likeness (QED) is 0.896. The molecule has 1 aliphatic heterocycles. The van der Waals surface area contributed by atoms with E-state index < -0.39 is 0 Å². The molecule has 1 N–H and O–H groups in total. The Balaban J connectivity index is 2.07. The van der Waals surface area contributed by atoms with Crippen molar-refractivity contribution in [3.8, 4) is 0 Å². The van der Waals surface area contributed by atoms with E-state index in [-0.39, 0.29) is 17.7 Å². The molecule has 0 radical (unpaired) electrons. The van der Waals surface area contributed by atoms with E-state index in [9.17, 15) is 9.59 Å². The number of nitrogens with one attached hydrogen (secondary N) is 1. The lowest BCUT2D eigenvalue weighted by atomic mass is 10.1. The molecule has 1 aliphatic rings. The minimum absolute atomic E-state index is 0.00784. The molecule has 2 heterocycles. The molecular weight excluding hydrogens is 274 g/mol. The Labute approximate surface area is 123 Å². The van der Waals surface area contributed by atoms with Gasteiger partial charge >= 0.3 is 0 Å². The van der Waals surface area contributed by atoms with Crippen molar-refractivity contribution in [3.05, 3.63) is 22.4 Å². The van der Waals surface area contributed by atoms with E-state index in [4.69, 9.17) is 0 Å². The van der Waals surface area contributed by atoms with E-state index in [1.807, 2.05) is 0 Å². The van der Waals surface area contributed by atoms with Crippen LogP contribution in [0.5, 0.6) is 0 Å². The molecule has 1 aromatic heterocycles. The number of nitrogens with zero attached hydrogens (tertiary/aromatic N) is 2. The van der Waals surface area contributed by atoms with Gasteiger partial charge in [-0.3, -0.25) is 14.5 Å². The Hall–Kier alpha value is -1.40. The third kappa shape index (κ3) is 3.80. The number of hydrogen-bond acceptors (Lipinski definition) is 4. The van der Waals surface area contributed by atoms with Gasteiger partial charge in [-0.05, 0) is 22.4 Å². The first-order chi connectivity index (χ1) is 9.60. The molecule has 1 fully saturated rings. The average molecular weight is 295 g/mol. The first-order valence-electron chi connectivity index (χ1n) is 6.80. The van der Waals surface area contributed by atoms with Crippen LogP contribution in [-0.2, 0) is 16.1 Å². The van der Waals surface area contributed by atoms with Crippen molar-refractivity contribution >= 4 is 23.2 Å². The van der Waals surface area contributed by atoms with Gasteiger partial charge in [0, 0.05) is 46.7 Å². The third-order valence-electron chi connectivity index (χ3n) is 3.65. The number of hydrogen-bond donors (Lipinski definition) is 1. The van der Waals surface area contributed by atoms with Gasteiger partial charge in [-0.2, -0.15) is 11.3 Å². The molecule has 1 atom stereocenters. The summed E-state index contributed by atoms with van der Waals surface area (Å²) in [5.74, 6) is -0.116. The molecule has 0 saturated carbocycles. The number of carbonyl (C=O) groups excluding carboxylic acids is 2. The summed E-state index contributed by atoms with van der Waals surface area (Å²) in [6, 6.07) is 2.10. The normalized spacial score (nSPS) is 20.5. The second-order valence-electron chi connectivity index (χ2n) is 5.14. The Kier molecular flexibility index (Phi) is 5.14. The second-order valence-corrected chi connectivity index (χ2v) is 5.92. The fourth-order valence-corrected chi connectivity index (χ4v) is 3.18. The molecule has 0 aromatic carbocycles. The van der Waals surface area contributed by atoms with E-state index in [1.54, 1.807) is 30.2 Å². The highest BCUT2D eigenvalue weighted by atomic mass is 32.1. The highest BCUT2D eigenvalue weighted by molar-refractivity contribution is 7.07. The maximum atomic E-state index is 12.0. The van der Waals surface area contributed by atoms with Crippen LogP contribution in [0.2, 0.25) is 0 Å². The summed E-state index contributed by atoms with van der Waals surface area (Å²) in [5, 5.41) is 6.89. The summed E-state index contributed by atoms with van der Waals surface area (Å²) in [4.78, 5) is 27.6. The molecule has 20 heavy (non-hydrogen) atoms. The van der Waals surface area contributed by atoms with Gasteiger partial charge in [0.1, 0.15) is 0 Å². The van der Waals surface area contributed by atoms with Gasteiger partial charge in [0.25, 0.3) is 0 Å². The highest BCUT2D eigenvalue weighted by Gasteiger charge is 2.28. The van der Waals surface area contributed by atoms with Crippen LogP contribution in [0.1, 0.15) is 12.5 Å². The van der Waals surface area contributed by atoms with Crippen LogP contribution < -0.4 is 5.32 Å². The minimum Gasteiger partial charge on any atom is -0.359 e. The van der Waals surface area contributed by atoms with Crippen molar-refractivity contribution in [2.75, 3.05) is 33.2 Å². The van der Waals surface area contributed by atoms with Crippen molar-refractivity contribution < 1.29 is 9.59 Å². The van der Waals surface area contributed by atoms with Gasteiger partial charge in [0.2, 0.25) is 11.8 Å². The summed E-state index contributed by atoms with van der Waals surface area (Å²) >= 11 is 1.68. The molecule has 6 heteroatoms. The molecular formula is C14H21N3O2S. The minimum atomic E-state index is -0.162. The highest BCUT2D eigenvalue weighted by Crippen LogP contribution is 2.15. The van der Waals surface area contributed by atoms with Crippen LogP contribution in [0.3, 0.4) is 0 Å². The van der Waals surface area contributed by atoms with Crippen molar-refractivity contribution in [3.63, 3.8) is 0 Å². The van der Waals surface area contributed by atoms with Gasteiger partial charge in [-0.15, -0.1) is 0 Å². The number of carbonyl (C=O) groups is 2. The zero-order chi connectivity index (χ0) is 14.5. The van der Waals surface area contributed by atoms with Crippen LogP contribution in [0.25, 0.3) is 0 Å². The smallest absolute Gasteiger partial charge is 0.225 e. The lowest BCUT2D eigenvalue weighted by Crippen LogP contribution is -2.40. The van der Waals surface area contributed by atoms with Crippen molar-refractivity contribution in [2.24, 2.45) is 5.92 Å². The standard InChI is InChI=1S/C14H21N3O2S/c1-11(18)17-5-4-16(7-12-3-6-20-10-12)8-13(9-17)14(19)15-2/h3,6,10,13H,4-5,7-9H2,1-2H3,(H,15,19). The predicted molar refractivity (Wildman–Crippen MR) is 79.4 cm³/mol. The zero-order valence-electron chi connectivity index (χ0n) is 12.0. The van der Waals surface area contributed by atoms with E-state index in [0.29, 0.717) is 19.6 Å². The SMILES string of the molecule is CNC(=O)C1CN(Cc2ccsc2)CCN(C(C)=O)C1. The fraction of sp³-hybridized carbons (Fsp3) is 0.571. The van der Waals surface area contributed by atoms with Crippen molar-refractivity contribution in [2.45, 2.75) is 13.5 Å². The van der Waals surface area contributed by atoms with E-state index in [2.05, 4.69) is 27.0 Å². The largest absolute Gasteiger partial charge is 0.359 e. The van der Waals surface area contributed by atoms with Crippen LogP contribution in [0.4, 0.5) is 0 Å². The van der Waals surface area contributed by atoms with E-state index in [0.717, 1.165) is 13.1 Å². The van der Waals surface area contributed by atoms with Gasteiger partial charge < -0.3 is 10.2 Å². The molecule has 110 valence electrons. The van der Waals surface area contributed by atoms with Gasteiger partial charge in [-0.25, -0.2) is 0 Å². The molecule has 0 aliphatic carbocycles. The second kappa shape index (κ2) is 6.85. The van der Waals surface area contributed by atoms with Gasteiger partial charge in [0.15, 0.2) is 0 Å². The molecule has 0 bridgehead atoms. The third-order valence-corrected chi connectivity index (χ3v) is 4.39. The Morgan fingerprint density at radius 1 is 1.40 bits per heavy atom. The molecule has 5 nitrogen and oxygen atoms in total. The van der Waals surface area contributed by atoms with E-state index in [1.165, 1.54) is 5.56 Å². The van der Waals surface area contributed by atoms with E-state index >= 15 is 0 Å². The van der Waals surface area contributed by atoms with Gasteiger partial charge in [0.05, 0.1) is 5.92 Å². The number of amides is 2. The number of thiophene rings is 1. The first-order valence-corrected chi connectivity index (χ1v) is 7.75. The van der Waals surface area contributed by atoms with Crippen LogP contribution >= 0.6 is 11.3 Å². The fourth-order valence-electron chi connectivity index (χ4n) is 2.52. The summed E-state index contributed by atoms with van der Waals surface area (Å²) in [6.07, 6.45) is 0. The molecule has 1 saturated heterocycles. The molecule has 0 spiro atoms. The lowest BCUT2D eigenvalue weighted by Gasteiger charge is -2.22. The van der Waals surface area contributed by atoms with Crippen molar-refractivity contribution in [1.82, 2.24) is 15.1 Å². The number of rotatable bonds is 3. The Bertz CT molecular complexity index is 461. The molecule has 2 rings (SSSR count). The van der Waals surface area contributed by atoms with Crippen LogP contribution in [0.15, 0.2) is 16.8 Å². The predicted octanol–water partition coefficient (Wildman–Crippen LogP) is 0.774. The maximum absolute atomic E-state index is 12.0. The first kappa shape index (κ1) is 15.0. The molecule has 1 aromatic rings. The average Bonchev–Trinajstić information content (AvgIpc) is 2.83. The maximum Gasteiger partial charge on any atom is 0.225 e. The molecule has 2 amide bonds.